The SMILES string of the molecule is COc1ccc(-c2ccc(/C(C)=C/C(=O)O)o2)cc1F. The lowest BCUT2D eigenvalue weighted by molar-refractivity contribution is -0.131. The van der Waals surface area contributed by atoms with Crippen LogP contribution in [0.4, 0.5) is 4.39 Å². The van der Waals surface area contributed by atoms with Gasteiger partial charge in [0.25, 0.3) is 0 Å². The van der Waals surface area contributed by atoms with Crippen molar-refractivity contribution < 1.29 is 23.4 Å². The lowest BCUT2D eigenvalue weighted by Gasteiger charge is -2.03. The molecule has 5 heteroatoms. The average molecular weight is 276 g/mol. The van der Waals surface area contributed by atoms with Gasteiger partial charge in [-0.3, -0.25) is 0 Å². The minimum absolute atomic E-state index is 0.155. The summed E-state index contributed by atoms with van der Waals surface area (Å²) in [6.45, 7) is 1.63. The second-order valence-electron chi connectivity index (χ2n) is 4.18. The Balaban J connectivity index is 2.33. The fourth-order valence-electron chi connectivity index (χ4n) is 1.78. The van der Waals surface area contributed by atoms with Gasteiger partial charge in [-0.15, -0.1) is 0 Å². The third-order valence-corrected chi connectivity index (χ3v) is 2.77. The quantitative estimate of drug-likeness (QED) is 0.867. The van der Waals surface area contributed by atoms with Crippen LogP contribution < -0.4 is 4.74 Å². The van der Waals surface area contributed by atoms with Crippen molar-refractivity contribution in [3.63, 3.8) is 0 Å². The number of allylic oxidation sites excluding steroid dienone is 1. The van der Waals surface area contributed by atoms with Gasteiger partial charge in [0.1, 0.15) is 11.5 Å². The van der Waals surface area contributed by atoms with Gasteiger partial charge in [-0.25, -0.2) is 9.18 Å². The van der Waals surface area contributed by atoms with Gasteiger partial charge in [-0.1, -0.05) is 0 Å². The Morgan fingerprint density at radius 3 is 2.70 bits per heavy atom. The second-order valence-corrected chi connectivity index (χ2v) is 4.18. The molecule has 0 atom stereocenters. The molecule has 0 saturated heterocycles. The minimum Gasteiger partial charge on any atom is -0.494 e. The molecule has 1 heterocycles. The first-order valence-corrected chi connectivity index (χ1v) is 5.86. The summed E-state index contributed by atoms with van der Waals surface area (Å²) in [5.74, 6) is -0.488. The largest absolute Gasteiger partial charge is 0.494 e. The summed E-state index contributed by atoms with van der Waals surface area (Å²) in [4.78, 5) is 10.6. The van der Waals surface area contributed by atoms with E-state index in [-0.39, 0.29) is 5.75 Å². The molecule has 0 unspecified atom stereocenters. The number of benzene rings is 1. The maximum atomic E-state index is 13.6. The molecule has 0 radical (unpaired) electrons. The molecule has 0 aliphatic rings. The predicted octanol–water partition coefficient (Wildman–Crippen LogP) is 3.58. The highest BCUT2D eigenvalue weighted by Crippen LogP contribution is 2.28. The van der Waals surface area contributed by atoms with Crippen molar-refractivity contribution in [1.29, 1.82) is 0 Å². The number of hydrogen-bond acceptors (Lipinski definition) is 3. The summed E-state index contributed by atoms with van der Waals surface area (Å²) in [6.07, 6.45) is 1.05. The van der Waals surface area contributed by atoms with E-state index in [1.807, 2.05) is 0 Å². The standard InChI is InChI=1S/C15H13FO4/c1-9(7-15(17)18)12-5-6-13(20-12)10-3-4-14(19-2)11(16)8-10/h3-8H,1-2H3,(H,17,18)/b9-7+. The Labute approximate surface area is 115 Å². The number of carboxylic acids is 1. The monoisotopic (exact) mass is 276 g/mol. The Bertz CT molecular complexity index is 670. The van der Waals surface area contributed by atoms with Crippen LogP contribution in [0.15, 0.2) is 40.8 Å². The fraction of sp³-hybridized carbons (Fsp3) is 0.133. The van der Waals surface area contributed by atoms with Crippen molar-refractivity contribution in [2.45, 2.75) is 6.92 Å². The third-order valence-electron chi connectivity index (χ3n) is 2.77. The number of aliphatic carboxylic acids is 1. The van der Waals surface area contributed by atoms with Gasteiger partial charge >= 0.3 is 5.97 Å². The van der Waals surface area contributed by atoms with E-state index in [0.717, 1.165) is 6.08 Å². The first-order chi connectivity index (χ1) is 9.51. The molecule has 4 nitrogen and oxygen atoms in total. The van der Waals surface area contributed by atoms with Crippen molar-refractivity contribution >= 4 is 11.5 Å². The minimum atomic E-state index is -1.05. The highest BCUT2D eigenvalue weighted by Gasteiger charge is 2.10. The van der Waals surface area contributed by atoms with Gasteiger partial charge in [0.15, 0.2) is 11.6 Å². The predicted molar refractivity (Wildman–Crippen MR) is 71.9 cm³/mol. The number of rotatable bonds is 4. The zero-order valence-electron chi connectivity index (χ0n) is 11.0. The van der Waals surface area contributed by atoms with E-state index < -0.39 is 11.8 Å². The van der Waals surface area contributed by atoms with E-state index in [2.05, 4.69) is 0 Å². The van der Waals surface area contributed by atoms with Crippen LogP contribution in [0.1, 0.15) is 12.7 Å². The van der Waals surface area contributed by atoms with Gasteiger partial charge in [0.2, 0.25) is 0 Å². The molecule has 104 valence electrons. The Kier molecular flexibility index (Phi) is 3.89. The first-order valence-electron chi connectivity index (χ1n) is 5.86. The number of ether oxygens (including phenoxy) is 1. The van der Waals surface area contributed by atoms with Crippen LogP contribution in [-0.4, -0.2) is 18.2 Å². The molecule has 2 aromatic rings. The smallest absolute Gasteiger partial charge is 0.328 e. The summed E-state index contributed by atoms with van der Waals surface area (Å²) in [7, 11) is 1.39. The summed E-state index contributed by atoms with van der Waals surface area (Å²) in [6, 6.07) is 7.79. The highest BCUT2D eigenvalue weighted by atomic mass is 19.1. The Morgan fingerprint density at radius 2 is 2.10 bits per heavy atom. The van der Waals surface area contributed by atoms with E-state index in [1.165, 1.54) is 19.2 Å². The number of hydrogen-bond donors (Lipinski definition) is 1. The number of carboxylic acid groups (broad SMARTS) is 1. The number of halogens is 1. The second kappa shape index (κ2) is 5.61. The van der Waals surface area contributed by atoms with Crippen LogP contribution in [0.2, 0.25) is 0 Å². The Morgan fingerprint density at radius 1 is 1.35 bits per heavy atom. The van der Waals surface area contributed by atoms with Crippen molar-refractivity contribution in [2.75, 3.05) is 7.11 Å². The summed E-state index contributed by atoms with van der Waals surface area (Å²) >= 11 is 0. The molecule has 0 bridgehead atoms. The van der Waals surface area contributed by atoms with E-state index in [0.29, 0.717) is 22.7 Å². The van der Waals surface area contributed by atoms with Crippen LogP contribution in [0.3, 0.4) is 0 Å². The van der Waals surface area contributed by atoms with Crippen LogP contribution >= 0.6 is 0 Å². The topological polar surface area (TPSA) is 59.7 Å². The number of methoxy groups -OCH3 is 1. The van der Waals surface area contributed by atoms with Gasteiger partial charge < -0.3 is 14.3 Å². The van der Waals surface area contributed by atoms with Gasteiger partial charge in [0.05, 0.1) is 7.11 Å². The maximum Gasteiger partial charge on any atom is 0.328 e. The fourth-order valence-corrected chi connectivity index (χ4v) is 1.78. The molecule has 0 aliphatic heterocycles. The molecular weight excluding hydrogens is 263 g/mol. The molecule has 0 saturated carbocycles. The lowest BCUT2D eigenvalue weighted by atomic mass is 10.1. The molecule has 0 aliphatic carbocycles. The van der Waals surface area contributed by atoms with E-state index in [9.17, 15) is 9.18 Å². The summed E-state index contributed by atoms with van der Waals surface area (Å²) in [5, 5.41) is 8.68. The van der Waals surface area contributed by atoms with Crippen molar-refractivity contribution in [1.82, 2.24) is 0 Å². The zero-order valence-corrected chi connectivity index (χ0v) is 11.0. The molecule has 0 fully saturated rings. The summed E-state index contributed by atoms with van der Waals surface area (Å²) < 4.78 is 24.0. The van der Waals surface area contributed by atoms with Crippen LogP contribution in [0.25, 0.3) is 16.9 Å². The van der Waals surface area contributed by atoms with Crippen LogP contribution in [0, 0.1) is 5.82 Å². The van der Waals surface area contributed by atoms with Crippen molar-refractivity contribution in [3.05, 3.63) is 48.0 Å². The van der Waals surface area contributed by atoms with Gasteiger partial charge in [-0.2, -0.15) is 0 Å². The summed E-state index contributed by atoms with van der Waals surface area (Å²) in [5.41, 5.74) is 1.04. The first kappa shape index (κ1) is 13.9. The van der Waals surface area contributed by atoms with Gasteiger partial charge in [-0.05, 0) is 42.8 Å². The van der Waals surface area contributed by atoms with Crippen molar-refractivity contribution in [2.24, 2.45) is 0 Å². The molecule has 1 N–H and O–H groups in total. The van der Waals surface area contributed by atoms with Crippen LogP contribution in [0.5, 0.6) is 5.75 Å². The highest BCUT2D eigenvalue weighted by molar-refractivity contribution is 5.88. The molecular formula is C15H13FO4. The average Bonchev–Trinajstić information content (AvgIpc) is 2.87. The third kappa shape index (κ3) is 2.88. The van der Waals surface area contributed by atoms with E-state index in [1.54, 1.807) is 25.1 Å². The van der Waals surface area contributed by atoms with E-state index in [4.69, 9.17) is 14.3 Å². The number of furan rings is 1. The van der Waals surface area contributed by atoms with E-state index >= 15 is 0 Å². The molecule has 1 aromatic carbocycles. The normalized spacial score (nSPS) is 11.4. The van der Waals surface area contributed by atoms with Crippen LogP contribution in [-0.2, 0) is 4.79 Å². The molecule has 2 rings (SSSR count). The molecule has 20 heavy (non-hydrogen) atoms. The van der Waals surface area contributed by atoms with Crippen molar-refractivity contribution in [3.8, 4) is 17.1 Å². The lowest BCUT2D eigenvalue weighted by Crippen LogP contribution is -1.89. The molecule has 1 aromatic heterocycles. The number of carbonyl (C=O) groups is 1. The molecule has 0 spiro atoms. The zero-order chi connectivity index (χ0) is 14.7. The van der Waals surface area contributed by atoms with Gasteiger partial charge in [0, 0.05) is 11.6 Å². The molecule has 0 amide bonds. The maximum absolute atomic E-state index is 13.6. The Hall–Kier alpha value is -2.56.